The Kier molecular flexibility index (Phi) is 4.40. The first kappa shape index (κ1) is 14.3. The molecule has 2 rings (SSSR count). The Morgan fingerprint density at radius 1 is 1.26 bits per heavy atom. The molecule has 1 aromatic rings. The molecule has 1 fully saturated rings. The summed E-state index contributed by atoms with van der Waals surface area (Å²) in [4.78, 5) is 11.1. The fraction of sp³-hybridized carbons (Fsp3) is 0.733. The fourth-order valence-corrected chi connectivity index (χ4v) is 2.63. The van der Waals surface area contributed by atoms with Crippen LogP contribution in [0.2, 0.25) is 0 Å². The molecule has 0 spiro atoms. The molecule has 1 aromatic heterocycles. The summed E-state index contributed by atoms with van der Waals surface area (Å²) >= 11 is 0. The van der Waals surface area contributed by atoms with Crippen LogP contribution in [0.1, 0.15) is 57.9 Å². The summed E-state index contributed by atoms with van der Waals surface area (Å²) in [5.74, 6) is 1.26. The predicted molar refractivity (Wildman–Crippen MR) is 77.4 cm³/mol. The second-order valence-corrected chi connectivity index (χ2v) is 5.93. The van der Waals surface area contributed by atoms with Gasteiger partial charge in [0.05, 0.1) is 5.60 Å². The summed E-state index contributed by atoms with van der Waals surface area (Å²) in [6.45, 7) is 8.10. The molecule has 0 aromatic carbocycles. The smallest absolute Gasteiger partial charge is 0.225 e. The van der Waals surface area contributed by atoms with Gasteiger partial charge in [0.1, 0.15) is 0 Å². The number of piperidine rings is 1. The fourth-order valence-electron chi connectivity index (χ4n) is 2.63. The number of aliphatic hydroxyl groups is 1. The number of aromatic nitrogens is 2. The van der Waals surface area contributed by atoms with Gasteiger partial charge in [-0.2, -0.15) is 0 Å². The zero-order valence-electron chi connectivity index (χ0n) is 12.3. The zero-order chi connectivity index (χ0) is 13.9. The average Bonchev–Trinajstić information content (AvgIpc) is 2.40. The van der Waals surface area contributed by atoms with Crippen molar-refractivity contribution < 1.29 is 5.11 Å². The summed E-state index contributed by atoms with van der Waals surface area (Å²) in [6, 6.07) is 0. The van der Waals surface area contributed by atoms with Gasteiger partial charge in [-0.1, -0.05) is 27.2 Å². The summed E-state index contributed by atoms with van der Waals surface area (Å²) in [5, 5.41) is 10.4. The maximum Gasteiger partial charge on any atom is 0.225 e. The van der Waals surface area contributed by atoms with E-state index in [2.05, 4.69) is 35.6 Å². The molecule has 0 aliphatic carbocycles. The van der Waals surface area contributed by atoms with E-state index in [4.69, 9.17) is 0 Å². The molecule has 4 nitrogen and oxygen atoms in total. The molecule has 19 heavy (non-hydrogen) atoms. The molecule has 1 aliphatic heterocycles. The van der Waals surface area contributed by atoms with Crippen LogP contribution >= 0.6 is 0 Å². The third-order valence-corrected chi connectivity index (χ3v) is 4.02. The quantitative estimate of drug-likeness (QED) is 0.907. The van der Waals surface area contributed by atoms with E-state index in [-0.39, 0.29) is 0 Å². The van der Waals surface area contributed by atoms with Gasteiger partial charge in [-0.15, -0.1) is 0 Å². The molecule has 0 bridgehead atoms. The number of rotatable bonds is 4. The molecule has 0 radical (unpaired) electrons. The summed E-state index contributed by atoms with van der Waals surface area (Å²) < 4.78 is 0. The van der Waals surface area contributed by atoms with E-state index in [9.17, 15) is 5.11 Å². The van der Waals surface area contributed by atoms with E-state index >= 15 is 0 Å². The SMILES string of the molecule is CCCC1(O)CCN(c2ncc(C(C)C)cn2)CC1. The molecule has 2 heterocycles. The molecule has 0 atom stereocenters. The Morgan fingerprint density at radius 3 is 2.32 bits per heavy atom. The second-order valence-electron chi connectivity index (χ2n) is 5.93. The third-order valence-electron chi connectivity index (χ3n) is 4.02. The van der Waals surface area contributed by atoms with Crippen LogP contribution in [0.4, 0.5) is 5.95 Å². The van der Waals surface area contributed by atoms with Crippen molar-refractivity contribution in [2.24, 2.45) is 0 Å². The molecule has 0 saturated carbocycles. The van der Waals surface area contributed by atoms with Gasteiger partial charge in [0, 0.05) is 25.5 Å². The van der Waals surface area contributed by atoms with Gasteiger partial charge >= 0.3 is 0 Å². The lowest BCUT2D eigenvalue weighted by Gasteiger charge is -2.38. The highest BCUT2D eigenvalue weighted by atomic mass is 16.3. The van der Waals surface area contributed by atoms with Crippen molar-refractivity contribution in [2.45, 2.75) is 58.0 Å². The molecular formula is C15H25N3O. The Bertz CT molecular complexity index is 394. The van der Waals surface area contributed by atoms with E-state index in [1.165, 1.54) is 5.56 Å². The van der Waals surface area contributed by atoms with Gasteiger partial charge in [-0.25, -0.2) is 9.97 Å². The molecule has 1 saturated heterocycles. The first-order chi connectivity index (χ1) is 9.04. The van der Waals surface area contributed by atoms with E-state index in [1.807, 2.05) is 12.4 Å². The van der Waals surface area contributed by atoms with Crippen molar-refractivity contribution in [2.75, 3.05) is 18.0 Å². The van der Waals surface area contributed by atoms with Gasteiger partial charge in [0.15, 0.2) is 0 Å². The van der Waals surface area contributed by atoms with Gasteiger partial charge in [0.2, 0.25) is 5.95 Å². The Balaban J connectivity index is 1.97. The first-order valence-corrected chi connectivity index (χ1v) is 7.33. The minimum absolute atomic E-state index is 0.463. The van der Waals surface area contributed by atoms with Crippen LogP contribution in [0.25, 0.3) is 0 Å². The van der Waals surface area contributed by atoms with Crippen LogP contribution in [0.5, 0.6) is 0 Å². The van der Waals surface area contributed by atoms with Crippen molar-refractivity contribution >= 4 is 5.95 Å². The molecule has 106 valence electrons. The number of anilines is 1. The average molecular weight is 263 g/mol. The van der Waals surface area contributed by atoms with Gasteiger partial charge in [-0.05, 0) is 30.7 Å². The van der Waals surface area contributed by atoms with Gasteiger partial charge in [0.25, 0.3) is 0 Å². The van der Waals surface area contributed by atoms with E-state index < -0.39 is 5.60 Å². The minimum Gasteiger partial charge on any atom is -0.390 e. The molecule has 1 aliphatic rings. The van der Waals surface area contributed by atoms with Crippen molar-refractivity contribution in [1.82, 2.24) is 9.97 Å². The first-order valence-electron chi connectivity index (χ1n) is 7.33. The van der Waals surface area contributed by atoms with Crippen LogP contribution in [-0.2, 0) is 0 Å². The maximum atomic E-state index is 10.4. The number of hydrogen-bond donors (Lipinski definition) is 1. The highest BCUT2D eigenvalue weighted by Crippen LogP contribution is 2.28. The van der Waals surface area contributed by atoms with Crippen LogP contribution in [0, 0.1) is 0 Å². The van der Waals surface area contributed by atoms with E-state index in [0.29, 0.717) is 5.92 Å². The van der Waals surface area contributed by atoms with Crippen LogP contribution < -0.4 is 4.90 Å². The molecule has 4 heteroatoms. The normalized spacial score (nSPS) is 18.9. The van der Waals surface area contributed by atoms with Crippen molar-refractivity contribution in [3.63, 3.8) is 0 Å². The number of nitrogens with zero attached hydrogens (tertiary/aromatic N) is 3. The van der Waals surface area contributed by atoms with Crippen LogP contribution in [-0.4, -0.2) is 33.8 Å². The van der Waals surface area contributed by atoms with Crippen molar-refractivity contribution in [3.8, 4) is 0 Å². The van der Waals surface area contributed by atoms with Crippen LogP contribution in [0.15, 0.2) is 12.4 Å². The summed E-state index contributed by atoms with van der Waals surface area (Å²) in [6.07, 6.45) is 7.40. The standard InChI is InChI=1S/C15H25N3O/c1-4-5-15(19)6-8-18(9-7-15)14-16-10-13(11-17-14)12(2)3/h10-12,19H,4-9H2,1-3H3. The van der Waals surface area contributed by atoms with Gasteiger partial charge in [-0.3, -0.25) is 0 Å². The zero-order valence-corrected chi connectivity index (χ0v) is 12.3. The minimum atomic E-state index is -0.469. The molecule has 1 N–H and O–H groups in total. The molecule has 0 amide bonds. The molecular weight excluding hydrogens is 238 g/mol. The predicted octanol–water partition coefficient (Wildman–Crippen LogP) is 2.73. The lowest BCUT2D eigenvalue weighted by molar-refractivity contribution is 0.00717. The number of hydrogen-bond acceptors (Lipinski definition) is 4. The highest BCUT2D eigenvalue weighted by Gasteiger charge is 2.31. The summed E-state index contributed by atoms with van der Waals surface area (Å²) in [5.41, 5.74) is 0.701. The lowest BCUT2D eigenvalue weighted by Crippen LogP contribution is -2.44. The van der Waals surface area contributed by atoms with Gasteiger partial charge < -0.3 is 10.0 Å². The van der Waals surface area contributed by atoms with Crippen molar-refractivity contribution in [3.05, 3.63) is 18.0 Å². The largest absolute Gasteiger partial charge is 0.390 e. The Morgan fingerprint density at radius 2 is 1.84 bits per heavy atom. The lowest BCUT2D eigenvalue weighted by atomic mass is 9.87. The summed E-state index contributed by atoms with van der Waals surface area (Å²) in [7, 11) is 0. The van der Waals surface area contributed by atoms with E-state index in [0.717, 1.165) is 44.7 Å². The van der Waals surface area contributed by atoms with Crippen LogP contribution in [0.3, 0.4) is 0 Å². The second kappa shape index (κ2) is 5.87. The molecule has 0 unspecified atom stereocenters. The highest BCUT2D eigenvalue weighted by molar-refractivity contribution is 5.31. The third kappa shape index (κ3) is 3.44. The maximum absolute atomic E-state index is 10.4. The van der Waals surface area contributed by atoms with E-state index in [1.54, 1.807) is 0 Å². The monoisotopic (exact) mass is 263 g/mol. The topological polar surface area (TPSA) is 49.2 Å². The Labute approximate surface area is 115 Å². The Hall–Kier alpha value is -1.16. The van der Waals surface area contributed by atoms with Crippen molar-refractivity contribution in [1.29, 1.82) is 0 Å².